The average molecular weight is 284 g/mol. The van der Waals surface area contributed by atoms with Gasteiger partial charge in [-0.2, -0.15) is 0 Å². The van der Waals surface area contributed by atoms with Crippen LogP contribution in [0, 0.1) is 13.8 Å². The van der Waals surface area contributed by atoms with Gasteiger partial charge in [0, 0.05) is 5.92 Å². The van der Waals surface area contributed by atoms with Gasteiger partial charge in [-0.15, -0.1) is 0 Å². The van der Waals surface area contributed by atoms with E-state index in [9.17, 15) is 0 Å². The molecule has 0 bridgehead atoms. The molecule has 3 aromatic carbocycles. The van der Waals surface area contributed by atoms with E-state index in [2.05, 4.69) is 94.5 Å². The minimum absolute atomic E-state index is 0.293. The van der Waals surface area contributed by atoms with Crippen LogP contribution in [0.3, 0.4) is 0 Å². The number of aryl methyl sites for hydroxylation is 2. The van der Waals surface area contributed by atoms with Gasteiger partial charge in [0.2, 0.25) is 0 Å². The van der Waals surface area contributed by atoms with Gasteiger partial charge in [0.15, 0.2) is 0 Å². The molecular weight excluding hydrogens is 263 g/mol. The zero-order valence-corrected chi connectivity index (χ0v) is 13.5. The first-order chi connectivity index (χ1) is 10.6. The summed E-state index contributed by atoms with van der Waals surface area (Å²) < 4.78 is 0. The summed E-state index contributed by atoms with van der Waals surface area (Å²) >= 11 is 0. The van der Waals surface area contributed by atoms with E-state index in [-0.39, 0.29) is 0 Å². The van der Waals surface area contributed by atoms with Crippen LogP contribution in [-0.4, -0.2) is 7.85 Å². The zero-order chi connectivity index (χ0) is 15.5. The van der Waals surface area contributed by atoms with Crippen LogP contribution in [0.25, 0.3) is 0 Å². The van der Waals surface area contributed by atoms with Crippen molar-refractivity contribution in [2.45, 2.75) is 19.8 Å². The molecule has 0 aliphatic rings. The van der Waals surface area contributed by atoms with E-state index in [1.165, 1.54) is 33.3 Å². The second-order valence-electron chi connectivity index (χ2n) is 6.17. The van der Waals surface area contributed by atoms with Crippen molar-refractivity contribution >= 4 is 13.3 Å². The van der Waals surface area contributed by atoms with Crippen molar-refractivity contribution in [2.75, 3.05) is 0 Å². The lowest BCUT2D eigenvalue weighted by atomic mass is 9.83. The van der Waals surface area contributed by atoms with E-state index in [0.29, 0.717) is 5.92 Å². The predicted octanol–water partition coefficient (Wildman–Crippen LogP) is 3.74. The smallest absolute Gasteiger partial charge is 0.0889 e. The van der Waals surface area contributed by atoms with Crippen LogP contribution in [-0.2, 0) is 0 Å². The molecule has 0 aliphatic carbocycles. The molecular formula is C21H21B. The van der Waals surface area contributed by atoms with E-state index < -0.39 is 0 Å². The number of benzene rings is 3. The Bertz CT molecular complexity index is 629. The van der Waals surface area contributed by atoms with Crippen molar-refractivity contribution in [1.82, 2.24) is 0 Å². The maximum absolute atomic E-state index is 2.25. The number of hydrogen-bond acceptors (Lipinski definition) is 0. The lowest BCUT2D eigenvalue weighted by Crippen LogP contribution is -2.07. The third-order valence-electron chi connectivity index (χ3n) is 4.23. The summed E-state index contributed by atoms with van der Waals surface area (Å²) in [6, 6.07) is 26.7. The third kappa shape index (κ3) is 3.14. The summed E-state index contributed by atoms with van der Waals surface area (Å²) in [5.41, 5.74) is 7.94. The lowest BCUT2D eigenvalue weighted by molar-refractivity contribution is 0.975. The Balaban J connectivity index is 2.10. The monoisotopic (exact) mass is 284 g/mol. The van der Waals surface area contributed by atoms with Crippen LogP contribution >= 0.6 is 0 Å². The molecule has 0 spiro atoms. The van der Waals surface area contributed by atoms with Crippen molar-refractivity contribution in [1.29, 1.82) is 0 Å². The Kier molecular flexibility index (Phi) is 4.15. The van der Waals surface area contributed by atoms with Gasteiger partial charge < -0.3 is 0 Å². The maximum Gasteiger partial charge on any atom is 0.139 e. The molecule has 3 rings (SSSR count). The second kappa shape index (κ2) is 6.23. The molecule has 0 radical (unpaired) electrons. The fourth-order valence-electron chi connectivity index (χ4n) is 2.85. The number of rotatable bonds is 3. The van der Waals surface area contributed by atoms with Crippen molar-refractivity contribution in [3.05, 3.63) is 101 Å². The predicted molar refractivity (Wildman–Crippen MR) is 97.9 cm³/mol. The molecule has 0 fully saturated rings. The highest BCUT2D eigenvalue weighted by molar-refractivity contribution is 6.32. The van der Waals surface area contributed by atoms with E-state index in [1.54, 1.807) is 0 Å². The molecule has 0 saturated heterocycles. The van der Waals surface area contributed by atoms with Gasteiger partial charge in [0.1, 0.15) is 7.85 Å². The van der Waals surface area contributed by atoms with Crippen molar-refractivity contribution in [2.24, 2.45) is 0 Å². The molecule has 0 aliphatic heterocycles. The van der Waals surface area contributed by atoms with Crippen LogP contribution in [0.5, 0.6) is 0 Å². The summed E-state index contributed by atoms with van der Waals surface area (Å²) in [5, 5.41) is 0. The lowest BCUT2D eigenvalue weighted by Gasteiger charge is -2.19. The average Bonchev–Trinajstić information content (AvgIpc) is 2.53. The van der Waals surface area contributed by atoms with Crippen LogP contribution in [0.15, 0.2) is 72.8 Å². The topological polar surface area (TPSA) is 0 Å². The van der Waals surface area contributed by atoms with Crippen molar-refractivity contribution in [3.63, 3.8) is 0 Å². The van der Waals surface area contributed by atoms with Crippen LogP contribution < -0.4 is 5.46 Å². The Hall–Kier alpha value is -2.28. The van der Waals surface area contributed by atoms with Gasteiger partial charge in [0.05, 0.1) is 0 Å². The van der Waals surface area contributed by atoms with Gasteiger partial charge in [-0.3, -0.25) is 0 Å². The molecule has 108 valence electrons. The Morgan fingerprint density at radius 1 is 0.545 bits per heavy atom. The summed E-state index contributed by atoms with van der Waals surface area (Å²) in [6.45, 7) is 4.27. The Morgan fingerprint density at radius 3 is 1.23 bits per heavy atom. The quantitative estimate of drug-likeness (QED) is 0.507. The number of hydrogen-bond donors (Lipinski definition) is 0. The largest absolute Gasteiger partial charge is 0.139 e. The molecule has 0 atom stereocenters. The summed E-state index contributed by atoms with van der Waals surface area (Å²) in [5.74, 6) is 0.293. The molecule has 0 amide bonds. The van der Waals surface area contributed by atoms with Gasteiger partial charge in [0.25, 0.3) is 0 Å². The Morgan fingerprint density at radius 2 is 0.864 bits per heavy atom. The van der Waals surface area contributed by atoms with Gasteiger partial charge in [-0.05, 0) is 30.5 Å². The maximum atomic E-state index is 2.25. The molecule has 3 aromatic rings. The fraction of sp³-hybridized carbons (Fsp3) is 0.143. The van der Waals surface area contributed by atoms with E-state index in [0.717, 1.165) is 0 Å². The highest BCUT2D eigenvalue weighted by Crippen LogP contribution is 2.31. The Labute approximate surface area is 134 Å². The molecule has 1 heteroatoms. The summed E-state index contributed by atoms with van der Waals surface area (Å²) in [4.78, 5) is 0. The first kappa shape index (κ1) is 14.7. The standard InChI is InChI=1S/C21H21B/c1-15-3-7-17(8-4-15)21(18-9-5-16(2)6-10-18)19-11-13-20(22)14-12-19/h3-14,21H,22H2,1-2H3. The summed E-state index contributed by atoms with van der Waals surface area (Å²) in [6.07, 6.45) is 0. The van der Waals surface area contributed by atoms with Crippen LogP contribution in [0.4, 0.5) is 0 Å². The minimum Gasteiger partial charge on any atom is -0.0889 e. The molecule has 0 unspecified atom stereocenters. The van der Waals surface area contributed by atoms with Gasteiger partial charge in [-0.1, -0.05) is 89.4 Å². The molecule has 22 heavy (non-hydrogen) atoms. The second-order valence-corrected chi connectivity index (χ2v) is 6.17. The van der Waals surface area contributed by atoms with E-state index in [1.807, 2.05) is 0 Å². The van der Waals surface area contributed by atoms with Crippen LogP contribution in [0.2, 0.25) is 0 Å². The molecule has 0 N–H and O–H groups in total. The normalized spacial score (nSPS) is 10.9. The van der Waals surface area contributed by atoms with Gasteiger partial charge in [-0.25, -0.2) is 0 Å². The van der Waals surface area contributed by atoms with E-state index in [4.69, 9.17) is 0 Å². The first-order valence-electron chi connectivity index (χ1n) is 7.83. The molecule has 0 nitrogen and oxygen atoms in total. The molecule has 0 aromatic heterocycles. The van der Waals surface area contributed by atoms with Gasteiger partial charge >= 0.3 is 0 Å². The highest BCUT2D eigenvalue weighted by atomic mass is 14.2. The van der Waals surface area contributed by atoms with Crippen molar-refractivity contribution < 1.29 is 0 Å². The molecule has 0 heterocycles. The minimum atomic E-state index is 0.293. The zero-order valence-electron chi connectivity index (χ0n) is 13.5. The van der Waals surface area contributed by atoms with E-state index >= 15 is 0 Å². The first-order valence-corrected chi connectivity index (χ1v) is 7.83. The molecule has 0 saturated carbocycles. The summed E-state index contributed by atoms with van der Waals surface area (Å²) in [7, 11) is 2.14. The SMILES string of the molecule is Bc1ccc(C(c2ccc(C)cc2)c2ccc(C)cc2)cc1. The van der Waals surface area contributed by atoms with Crippen molar-refractivity contribution in [3.8, 4) is 0 Å². The van der Waals surface area contributed by atoms with Crippen LogP contribution in [0.1, 0.15) is 33.7 Å². The fourth-order valence-corrected chi connectivity index (χ4v) is 2.85. The third-order valence-corrected chi connectivity index (χ3v) is 4.23. The highest BCUT2D eigenvalue weighted by Gasteiger charge is 2.16.